The Bertz CT molecular complexity index is 598. The molecule has 0 fully saturated rings. The Kier molecular flexibility index (Phi) is 4.50. The van der Waals surface area contributed by atoms with E-state index in [0.717, 1.165) is 4.90 Å². The lowest BCUT2D eigenvalue weighted by Crippen LogP contribution is -2.10. The van der Waals surface area contributed by atoms with Gasteiger partial charge in [0.15, 0.2) is 11.5 Å². The summed E-state index contributed by atoms with van der Waals surface area (Å²) in [6.45, 7) is 0. The quantitative estimate of drug-likeness (QED) is 0.628. The van der Waals surface area contributed by atoms with Crippen LogP contribution >= 0.6 is 23.4 Å². The van der Waals surface area contributed by atoms with Gasteiger partial charge in [0.25, 0.3) is 0 Å². The summed E-state index contributed by atoms with van der Waals surface area (Å²) in [5, 5.41) is 4.68. The Labute approximate surface area is 120 Å². The number of aryl methyl sites for hydroxylation is 1. The number of methoxy groups -OCH3 is 1. The number of hydrogen-bond donors (Lipinski definition) is 0. The minimum atomic E-state index is -0.0261. The van der Waals surface area contributed by atoms with Gasteiger partial charge in [-0.1, -0.05) is 17.7 Å². The van der Waals surface area contributed by atoms with E-state index >= 15 is 0 Å². The van der Waals surface area contributed by atoms with E-state index in [0.29, 0.717) is 22.2 Å². The van der Waals surface area contributed by atoms with Crippen molar-refractivity contribution in [2.24, 2.45) is 7.05 Å². The number of ether oxygens (including phenoxy) is 1. The Balaban J connectivity index is 2.07. The van der Waals surface area contributed by atoms with Gasteiger partial charge in [-0.15, -0.1) is 11.8 Å². The van der Waals surface area contributed by atoms with Gasteiger partial charge in [0, 0.05) is 17.0 Å². The molecule has 0 saturated carbocycles. The highest BCUT2D eigenvalue weighted by Gasteiger charge is 2.17. The number of benzene rings is 1. The molecule has 4 nitrogen and oxygen atoms in total. The van der Waals surface area contributed by atoms with E-state index in [-0.39, 0.29) is 5.78 Å². The molecule has 6 heteroatoms. The molecule has 0 unspecified atom stereocenters. The van der Waals surface area contributed by atoms with Gasteiger partial charge in [-0.3, -0.25) is 9.48 Å². The van der Waals surface area contributed by atoms with Gasteiger partial charge in [-0.25, -0.2) is 0 Å². The summed E-state index contributed by atoms with van der Waals surface area (Å²) in [6, 6.07) is 7.42. The summed E-state index contributed by atoms with van der Waals surface area (Å²) in [6.07, 6.45) is 1.54. The van der Waals surface area contributed by atoms with Gasteiger partial charge in [0.1, 0.15) is 5.69 Å². The van der Waals surface area contributed by atoms with Gasteiger partial charge in [0.05, 0.1) is 19.1 Å². The van der Waals surface area contributed by atoms with Crippen LogP contribution in [0.1, 0.15) is 10.5 Å². The van der Waals surface area contributed by atoms with Crippen molar-refractivity contribution < 1.29 is 9.53 Å². The van der Waals surface area contributed by atoms with Crippen LogP contribution in [-0.2, 0) is 7.05 Å². The highest BCUT2D eigenvalue weighted by atomic mass is 35.5. The average molecular weight is 297 g/mol. The van der Waals surface area contributed by atoms with E-state index in [1.807, 2.05) is 18.2 Å². The molecular weight excluding hydrogens is 284 g/mol. The maximum absolute atomic E-state index is 12.2. The molecule has 0 N–H and O–H groups in total. The summed E-state index contributed by atoms with van der Waals surface area (Å²) in [5.74, 6) is 0.789. The van der Waals surface area contributed by atoms with Crippen molar-refractivity contribution in [3.63, 3.8) is 0 Å². The number of rotatable bonds is 5. The second kappa shape index (κ2) is 6.12. The first-order valence-corrected chi connectivity index (χ1v) is 6.95. The van der Waals surface area contributed by atoms with E-state index in [9.17, 15) is 4.79 Å². The molecule has 1 aromatic carbocycles. The Morgan fingerprint density at radius 1 is 1.53 bits per heavy atom. The molecule has 0 amide bonds. The predicted molar refractivity (Wildman–Crippen MR) is 76.3 cm³/mol. The minimum Gasteiger partial charge on any atom is -0.493 e. The molecule has 0 aliphatic carbocycles. The van der Waals surface area contributed by atoms with Crippen molar-refractivity contribution in [1.29, 1.82) is 0 Å². The molecule has 19 heavy (non-hydrogen) atoms. The number of hydrogen-bond acceptors (Lipinski definition) is 4. The first-order chi connectivity index (χ1) is 9.11. The van der Waals surface area contributed by atoms with Crippen LogP contribution in [0.15, 0.2) is 35.4 Å². The Morgan fingerprint density at radius 2 is 2.32 bits per heavy atom. The number of carbonyl (C=O) groups is 1. The third-order valence-corrected chi connectivity index (χ3v) is 3.78. The van der Waals surface area contributed by atoms with Gasteiger partial charge >= 0.3 is 0 Å². The Hall–Kier alpha value is -1.46. The molecule has 0 bridgehead atoms. The number of nitrogens with zero attached hydrogens (tertiary/aromatic N) is 2. The van der Waals surface area contributed by atoms with E-state index in [1.165, 1.54) is 29.8 Å². The predicted octanol–water partition coefficient (Wildman–Crippen LogP) is 3.06. The van der Waals surface area contributed by atoms with Crippen LogP contribution in [0.4, 0.5) is 0 Å². The maximum atomic E-state index is 12.2. The highest BCUT2D eigenvalue weighted by molar-refractivity contribution is 8.00. The first kappa shape index (κ1) is 14.0. The lowest BCUT2D eigenvalue weighted by molar-refractivity contribution is 0.101. The van der Waals surface area contributed by atoms with E-state index in [4.69, 9.17) is 16.3 Å². The number of Topliss-reactive ketones (excluding diaryl/α,β-unsaturated/α-hetero) is 1. The SMILES string of the molecule is COc1cnn(C)c1C(=O)CSc1cccc(Cl)c1. The molecule has 2 aromatic rings. The van der Waals surface area contributed by atoms with Crippen molar-refractivity contribution in [2.75, 3.05) is 12.9 Å². The molecule has 0 saturated heterocycles. The summed E-state index contributed by atoms with van der Waals surface area (Å²) < 4.78 is 6.65. The van der Waals surface area contributed by atoms with Crippen LogP contribution in [0.3, 0.4) is 0 Å². The van der Waals surface area contributed by atoms with E-state index < -0.39 is 0 Å². The van der Waals surface area contributed by atoms with Crippen molar-refractivity contribution in [3.8, 4) is 5.75 Å². The lowest BCUT2D eigenvalue weighted by Gasteiger charge is -2.05. The zero-order valence-corrected chi connectivity index (χ0v) is 12.2. The minimum absolute atomic E-state index is 0.0261. The summed E-state index contributed by atoms with van der Waals surface area (Å²) in [4.78, 5) is 13.1. The number of thioether (sulfide) groups is 1. The average Bonchev–Trinajstić information content (AvgIpc) is 2.77. The number of halogens is 1. The van der Waals surface area contributed by atoms with E-state index in [2.05, 4.69) is 5.10 Å². The molecule has 0 spiro atoms. The smallest absolute Gasteiger partial charge is 0.194 e. The monoisotopic (exact) mass is 296 g/mol. The molecule has 1 aromatic heterocycles. The maximum Gasteiger partial charge on any atom is 0.194 e. The normalized spacial score (nSPS) is 10.5. The second-order valence-corrected chi connectivity index (χ2v) is 5.34. The van der Waals surface area contributed by atoms with Crippen LogP contribution in [0.25, 0.3) is 0 Å². The fourth-order valence-corrected chi connectivity index (χ4v) is 2.73. The van der Waals surface area contributed by atoms with Crippen LogP contribution in [-0.4, -0.2) is 28.4 Å². The number of ketones is 1. The zero-order valence-electron chi connectivity index (χ0n) is 10.6. The van der Waals surface area contributed by atoms with Crippen LogP contribution in [0.2, 0.25) is 5.02 Å². The molecule has 0 atom stereocenters. The standard InChI is InChI=1S/C13H13ClN2O2S/c1-16-13(12(18-2)7-15-16)11(17)8-19-10-5-3-4-9(14)6-10/h3-7H,8H2,1-2H3. The molecule has 0 aliphatic rings. The fourth-order valence-electron chi connectivity index (χ4n) is 1.66. The summed E-state index contributed by atoms with van der Waals surface area (Å²) in [7, 11) is 3.25. The summed E-state index contributed by atoms with van der Waals surface area (Å²) in [5.41, 5.74) is 0.483. The summed E-state index contributed by atoms with van der Waals surface area (Å²) >= 11 is 7.34. The van der Waals surface area contributed by atoms with Gasteiger partial charge in [0.2, 0.25) is 0 Å². The Morgan fingerprint density at radius 3 is 3.00 bits per heavy atom. The number of aromatic nitrogens is 2. The largest absolute Gasteiger partial charge is 0.493 e. The van der Waals surface area contributed by atoms with Gasteiger partial charge in [-0.05, 0) is 18.2 Å². The van der Waals surface area contributed by atoms with Gasteiger partial charge in [-0.2, -0.15) is 5.10 Å². The van der Waals surface area contributed by atoms with Crippen molar-refractivity contribution in [3.05, 3.63) is 41.2 Å². The first-order valence-electron chi connectivity index (χ1n) is 5.59. The van der Waals surface area contributed by atoms with Crippen LogP contribution < -0.4 is 4.74 Å². The van der Waals surface area contributed by atoms with E-state index in [1.54, 1.807) is 13.1 Å². The molecular formula is C13H13ClN2O2S. The zero-order chi connectivity index (χ0) is 13.8. The lowest BCUT2D eigenvalue weighted by atomic mass is 10.3. The molecule has 1 heterocycles. The topological polar surface area (TPSA) is 44.1 Å². The molecule has 0 aliphatic heterocycles. The van der Waals surface area contributed by atoms with Crippen molar-refractivity contribution in [2.45, 2.75) is 4.90 Å². The van der Waals surface area contributed by atoms with Gasteiger partial charge < -0.3 is 4.74 Å². The molecule has 2 rings (SSSR count). The fraction of sp³-hybridized carbons (Fsp3) is 0.231. The third-order valence-electron chi connectivity index (χ3n) is 2.56. The van der Waals surface area contributed by atoms with Crippen molar-refractivity contribution >= 4 is 29.1 Å². The second-order valence-electron chi connectivity index (χ2n) is 3.85. The highest BCUT2D eigenvalue weighted by Crippen LogP contribution is 2.24. The van der Waals surface area contributed by atoms with Crippen LogP contribution in [0.5, 0.6) is 5.75 Å². The molecule has 0 radical (unpaired) electrons. The molecule has 100 valence electrons. The van der Waals surface area contributed by atoms with Crippen molar-refractivity contribution in [1.82, 2.24) is 9.78 Å². The number of carbonyl (C=O) groups excluding carboxylic acids is 1. The third kappa shape index (κ3) is 3.30. The van der Waals surface area contributed by atoms with Crippen LogP contribution in [0, 0.1) is 0 Å².